The second kappa shape index (κ2) is 3.06. The van der Waals surface area contributed by atoms with Gasteiger partial charge in [0.25, 0.3) is 10.1 Å². The molecule has 0 aromatic heterocycles. The minimum absolute atomic E-state index is 0.0267. The lowest BCUT2D eigenvalue weighted by atomic mass is 9.51. The molecular weight excluding hydrogens is 260 g/mol. The van der Waals surface area contributed by atoms with E-state index < -0.39 is 15.7 Å². The molecule has 0 N–H and O–H groups in total. The SMILES string of the molecule is CC1C2(C)CC3C1(C)C(C)(OS3(=O)=O)C2(C)C(C)C. The van der Waals surface area contributed by atoms with Crippen LogP contribution in [0.3, 0.4) is 0 Å². The molecule has 1 aliphatic heterocycles. The predicted octanol–water partition coefficient (Wildman–Crippen LogP) is 3.20. The smallest absolute Gasteiger partial charge is 0.262 e. The molecule has 3 nitrogen and oxygen atoms in total. The van der Waals surface area contributed by atoms with E-state index >= 15 is 0 Å². The van der Waals surface area contributed by atoms with Crippen molar-refractivity contribution in [2.24, 2.45) is 28.1 Å². The number of fused-ring (bicyclic) bond motifs is 1. The molecule has 110 valence electrons. The molecule has 2 aliphatic carbocycles. The van der Waals surface area contributed by atoms with Crippen LogP contribution in [-0.2, 0) is 14.3 Å². The van der Waals surface area contributed by atoms with Crippen molar-refractivity contribution in [3.63, 3.8) is 0 Å². The molecule has 0 radical (unpaired) electrons. The first-order chi connectivity index (χ1) is 8.39. The molecule has 0 spiro atoms. The molecule has 0 aromatic rings. The third-order valence-electron chi connectivity index (χ3n) is 8.12. The summed E-state index contributed by atoms with van der Waals surface area (Å²) in [5, 5.41) is -0.322. The van der Waals surface area contributed by atoms with Gasteiger partial charge < -0.3 is 0 Å². The fourth-order valence-electron chi connectivity index (χ4n) is 6.28. The van der Waals surface area contributed by atoms with Crippen LogP contribution in [0.15, 0.2) is 0 Å². The standard InChI is InChI=1S/C15H26O3S/c1-9(2)14(6)12(4)8-11-13(5,10(12)3)15(14,7)18-19(11,16)17/h9-11H,8H2,1-7H3. The minimum atomic E-state index is -3.42. The van der Waals surface area contributed by atoms with Crippen molar-refractivity contribution in [1.82, 2.24) is 0 Å². The van der Waals surface area contributed by atoms with E-state index in [1.165, 1.54) is 0 Å². The van der Waals surface area contributed by atoms with E-state index in [0.29, 0.717) is 11.8 Å². The molecule has 1 heterocycles. The zero-order valence-electron chi connectivity index (χ0n) is 13.1. The molecule has 3 fully saturated rings. The second-order valence-electron chi connectivity index (χ2n) is 8.08. The van der Waals surface area contributed by atoms with Gasteiger partial charge in [0.15, 0.2) is 0 Å². The van der Waals surface area contributed by atoms with Crippen molar-refractivity contribution in [2.75, 3.05) is 0 Å². The van der Waals surface area contributed by atoms with Gasteiger partial charge in [-0.3, -0.25) is 4.18 Å². The maximum absolute atomic E-state index is 12.5. The van der Waals surface area contributed by atoms with Gasteiger partial charge in [-0.15, -0.1) is 0 Å². The molecule has 0 aromatic carbocycles. The lowest BCUT2D eigenvalue weighted by molar-refractivity contribution is -0.129. The highest BCUT2D eigenvalue weighted by Gasteiger charge is 2.87. The topological polar surface area (TPSA) is 43.4 Å². The van der Waals surface area contributed by atoms with Crippen LogP contribution in [0, 0.1) is 28.1 Å². The highest BCUT2D eigenvalue weighted by molar-refractivity contribution is 7.87. The molecule has 0 amide bonds. The Kier molecular flexibility index (Phi) is 2.23. The maximum atomic E-state index is 12.5. The average molecular weight is 286 g/mol. The molecule has 2 bridgehead atoms. The third-order valence-corrected chi connectivity index (χ3v) is 10.0. The second-order valence-corrected chi connectivity index (χ2v) is 9.80. The van der Waals surface area contributed by atoms with Crippen molar-refractivity contribution < 1.29 is 12.6 Å². The summed E-state index contributed by atoms with van der Waals surface area (Å²) in [4.78, 5) is 0. The Labute approximate surface area is 117 Å². The van der Waals surface area contributed by atoms with Crippen LogP contribution in [0.2, 0.25) is 0 Å². The van der Waals surface area contributed by atoms with Gasteiger partial charge in [0, 0.05) is 10.8 Å². The van der Waals surface area contributed by atoms with Gasteiger partial charge in [-0.25, -0.2) is 0 Å². The zero-order chi connectivity index (χ0) is 14.6. The van der Waals surface area contributed by atoms with Crippen LogP contribution in [0.5, 0.6) is 0 Å². The fourth-order valence-corrected chi connectivity index (χ4v) is 8.79. The zero-order valence-corrected chi connectivity index (χ0v) is 13.9. The first kappa shape index (κ1) is 13.9. The van der Waals surface area contributed by atoms with E-state index in [-0.39, 0.29) is 21.5 Å². The Hall–Kier alpha value is -0.0900. The molecule has 3 aliphatic rings. The summed E-state index contributed by atoms with van der Waals surface area (Å²) < 4.78 is 30.7. The normalized spacial score (nSPS) is 62.1. The van der Waals surface area contributed by atoms with Gasteiger partial charge in [-0.05, 0) is 30.6 Å². The first-order valence-electron chi connectivity index (χ1n) is 7.34. The van der Waals surface area contributed by atoms with Crippen molar-refractivity contribution >= 4 is 10.1 Å². The summed E-state index contributed by atoms with van der Waals surface area (Å²) in [6.07, 6.45) is 0.747. The molecule has 6 atom stereocenters. The number of hydrogen-bond donors (Lipinski definition) is 0. The third kappa shape index (κ3) is 0.983. The first-order valence-corrected chi connectivity index (χ1v) is 8.81. The van der Waals surface area contributed by atoms with Crippen LogP contribution in [0.25, 0.3) is 0 Å². The van der Waals surface area contributed by atoms with Gasteiger partial charge in [-0.1, -0.05) is 41.5 Å². The number of rotatable bonds is 1. The fraction of sp³-hybridized carbons (Fsp3) is 1.00. The van der Waals surface area contributed by atoms with Crippen LogP contribution in [-0.4, -0.2) is 19.3 Å². The van der Waals surface area contributed by atoms with Crippen molar-refractivity contribution in [3.05, 3.63) is 0 Å². The molecule has 3 rings (SSSR count). The van der Waals surface area contributed by atoms with Crippen molar-refractivity contribution in [2.45, 2.75) is 65.7 Å². The summed E-state index contributed by atoms with van der Waals surface area (Å²) >= 11 is 0. The van der Waals surface area contributed by atoms with E-state index in [1.54, 1.807) is 0 Å². The van der Waals surface area contributed by atoms with Gasteiger partial charge in [0.1, 0.15) is 0 Å². The molecule has 19 heavy (non-hydrogen) atoms. The summed E-state index contributed by atoms with van der Waals surface area (Å²) in [5.41, 5.74) is -0.934. The van der Waals surface area contributed by atoms with Crippen molar-refractivity contribution in [1.29, 1.82) is 0 Å². The molecule has 1 saturated heterocycles. The number of hydrogen-bond acceptors (Lipinski definition) is 3. The minimum Gasteiger partial charge on any atom is -0.262 e. The van der Waals surface area contributed by atoms with Crippen LogP contribution in [0.1, 0.15) is 54.9 Å². The van der Waals surface area contributed by atoms with E-state index in [0.717, 1.165) is 6.42 Å². The van der Waals surface area contributed by atoms with E-state index in [4.69, 9.17) is 4.18 Å². The Morgan fingerprint density at radius 1 is 1.16 bits per heavy atom. The lowest BCUT2D eigenvalue weighted by Gasteiger charge is -2.54. The lowest BCUT2D eigenvalue weighted by Crippen LogP contribution is -2.58. The summed E-state index contributed by atoms with van der Waals surface area (Å²) in [7, 11) is -3.42. The van der Waals surface area contributed by atoms with Gasteiger partial charge in [0.2, 0.25) is 0 Å². The van der Waals surface area contributed by atoms with E-state index in [9.17, 15) is 8.42 Å². The van der Waals surface area contributed by atoms with Crippen LogP contribution < -0.4 is 0 Å². The summed E-state index contributed by atoms with van der Waals surface area (Å²) in [6, 6.07) is 0. The van der Waals surface area contributed by atoms with E-state index in [1.807, 2.05) is 6.92 Å². The molecular formula is C15H26O3S. The molecule has 4 heteroatoms. The van der Waals surface area contributed by atoms with Crippen molar-refractivity contribution in [3.8, 4) is 0 Å². The van der Waals surface area contributed by atoms with Crippen LogP contribution in [0.4, 0.5) is 0 Å². The Morgan fingerprint density at radius 3 is 2.16 bits per heavy atom. The Balaban J connectivity index is 2.38. The Morgan fingerprint density at radius 2 is 1.68 bits per heavy atom. The molecule has 6 unspecified atom stereocenters. The predicted molar refractivity (Wildman–Crippen MR) is 75.1 cm³/mol. The average Bonchev–Trinajstić information content (AvgIpc) is 2.59. The Bertz CT molecular complexity index is 554. The van der Waals surface area contributed by atoms with Gasteiger partial charge in [0.05, 0.1) is 10.9 Å². The van der Waals surface area contributed by atoms with Gasteiger partial charge in [-0.2, -0.15) is 8.42 Å². The maximum Gasteiger partial charge on any atom is 0.271 e. The monoisotopic (exact) mass is 286 g/mol. The quantitative estimate of drug-likeness (QED) is 0.695. The largest absolute Gasteiger partial charge is 0.271 e. The highest BCUT2D eigenvalue weighted by Crippen LogP contribution is 2.83. The summed E-state index contributed by atoms with van der Waals surface area (Å²) in [5.74, 6) is 0.751. The van der Waals surface area contributed by atoms with Gasteiger partial charge >= 0.3 is 0 Å². The molecule has 2 saturated carbocycles. The summed E-state index contributed by atoms with van der Waals surface area (Å²) in [6.45, 7) is 15.4. The van der Waals surface area contributed by atoms with Crippen LogP contribution >= 0.6 is 0 Å². The highest BCUT2D eigenvalue weighted by atomic mass is 32.2. The van der Waals surface area contributed by atoms with E-state index in [2.05, 4.69) is 41.5 Å².